The molecule has 0 aliphatic heterocycles. The number of benzene rings is 2. The molecule has 7 heteroatoms. The molecule has 3 rings (SSSR count). The average molecular weight is 390 g/mol. The van der Waals surface area contributed by atoms with Crippen LogP contribution in [0.4, 0.5) is 5.13 Å². The van der Waals surface area contributed by atoms with Gasteiger partial charge in [-0.3, -0.25) is 10.2 Å². The minimum atomic E-state index is -0.292. The van der Waals surface area contributed by atoms with Gasteiger partial charge in [0.25, 0.3) is 0 Å². The molecule has 6 nitrogen and oxygen atoms in total. The lowest BCUT2D eigenvalue weighted by Gasteiger charge is -2.06. The van der Waals surface area contributed by atoms with Crippen molar-refractivity contribution in [1.82, 2.24) is 4.98 Å². The summed E-state index contributed by atoms with van der Waals surface area (Å²) in [6.07, 6.45) is 1.87. The molecular weight excluding hydrogens is 372 g/mol. The summed E-state index contributed by atoms with van der Waals surface area (Å²) in [6.45, 7) is 2.13. The molecule has 0 amide bonds. The van der Waals surface area contributed by atoms with Crippen LogP contribution in [0.15, 0.2) is 59.0 Å². The van der Waals surface area contributed by atoms with Gasteiger partial charge < -0.3 is 4.74 Å². The molecule has 0 fully saturated rings. The van der Waals surface area contributed by atoms with E-state index >= 15 is 0 Å². The number of hydrogen-bond donors (Lipinski definition) is 1. The number of ether oxygens (including phenoxy) is 1. The Morgan fingerprint density at radius 3 is 2.82 bits per heavy atom. The van der Waals surface area contributed by atoms with E-state index in [1.165, 1.54) is 11.3 Å². The van der Waals surface area contributed by atoms with Crippen LogP contribution in [-0.2, 0) is 16.0 Å². The van der Waals surface area contributed by atoms with E-state index in [-0.39, 0.29) is 12.4 Å². The number of thiazole rings is 1. The van der Waals surface area contributed by atoms with Gasteiger partial charge >= 0.3 is 5.97 Å². The third kappa shape index (κ3) is 5.02. The lowest BCUT2D eigenvalue weighted by Crippen LogP contribution is -2.07. The van der Waals surface area contributed by atoms with E-state index < -0.39 is 0 Å². The molecule has 0 aliphatic rings. The normalized spacial score (nSPS) is 10.6. The van der Waals surface area contributed by atoms with Gasteiger partial charge in [-0.05, 0) is 30.2 Å². The van der Waals surface area contributed by atoms with Crippen LogP contribution in [0.2, 0.25) is 0 Å². The van der Waals surface area contributed by atoms with Crippen LogP contribution in [0.25, 0.3) is 11.1 Å². The SMILES string of the molecule is CCOC(=O)Cc1csc(NN=Cc2ccccc2-c2ccc(C#N)cc2)n1. The standard InChI is InChI=1S/C21H18N4O2S/c1-2-27-20(26)11-18-14-28-21(24-18)25-23-13-17-5-3-4-6-19(17)16-9-7-15(12-22)8-10-16/h3-10,13-14H,2,11H2,1H3,(H,24,25). The zero-order chi connectivity index (χ0) is 19.8. The third-order valence-corrected chi connectivity index (χ3v) is 4.63. The van der Waals surface area contributed by atoms with Crippen molar-refractivity contribution in [2.24, 2.45) is 5.10 Å². The van der Waals surface area contributed by atoms with E-state index in [0.717, 1.165) is 16.7 Å². The van der Waals surface area contributed by atoms with Crippen LogP contribution in [0, 0.1) is 11.3 Å². The van der Waals surface area contributed by atoms with E-state index in [0.29, 0.717) is 23.0 Å². The maximum absolute atomic E-state index is 11.5. The van der Waals surface area contributed by atoms with Crippen LogP contribution in [0.3, 0.4) is 0 Å². The van der Waals surface area contributed by atoms with Crippen LogP contribution < -0.4 is 5.43 Å². The van der Waals surface area contributed by atoms with Gasteiger partial charge in [0.1, 0.15) is 0 Å². The molecule has 28 heavy (non-hydrogen) atoms. The third-order valence-electron chi connectivity index (χ3n) is 3.83. The Labute approximate surface area is 167 Å². The van der Waals surface area contributed by atoms with Crippen LogP contribution >= 0.6 is 11.3 Å². The number of rotatable bonds is 7. The van der Waals surface area contributed by atoms with Crippen LogP contribution in [0.1, 0.15) is 23.7 Å². The topological polar surface area (TPSA) is 87.4 Å². The Balaban J connectivity index is 1.69. The molecule has 1 N–H and O–H groups in total. The van der Waals surface area contributed by atoms with Crippen molar-refractivity contribution in [3.8, 4) is 17.2 Å². The molecule has 0 saturated heterocycles. The van der Waals surface area contributed by atoms with Gasteiger partial charge in [-0.25, -0.2) is 4.98 Å². The minimum Gasteiger partial charge on any atom is -0.466 e. The van der Waals surface area contributed by atoms with Crippen molar-refractivity contribution in [3.05, 3.63) is 70.7 Å². The van der Waals surface area contributed by atoms with Crippen molar-refractivity contribution in [3.63, 3.8) is 0 Å². The quantitative estimate of drug-likeness (QED) is 0.370. The van der Waals surface area contributed by atoms with Gasteiger partial charge in [-0.2, -0.15) is 10.4 Å². The molecular formula is C21H18N4O2S. The van der Waals surface area contributed by atoms with Crippen molar-refractivity contribution < 1.29 is 9.53 Å². The smallest absolute Gasteiger partial charge is 0.311 e. The predicted molar refractivity (Wildman–Crippen MR) is 110 cm³/mol. The Morgan fingerprint density at radius 2 is 2.07 bits per heavy atom. The van der Waals surface area contributed by atoms with Crippen LogP contribution in [-0.4, -0.2) is 23.8 Å². The van der Waals surface area contributed by atoms with E-state index in [9.17, 15) is 4.79 Å². The number of nitrogens with one attached hydrogen (secondary N) is 1. The second-order valence-electron chi connectivity index (χ2n) is 5.77. The first kappa shape index (κ1) is 19.3. The monoisotopic (exact) mass is 390 g/mol. The molecule has 0 aliphatic carbocycles. The Hall–Kier alpha value is -3.50. The molecule has 0 bridgehead atoms. The first-order chi connectivity index (χ1) is 13.7. The Morgan fingerprint density at radius 1 is 1.29 bits per heavy atom. The summed E-state index contributed by atoms with van der Waals surface area (Å²) in [5.41, 5.74) is 7.13. The first-order valence-electron chi connectivity index (χ1n) is 8.68. The molecule has 140 valence electrons. The fourth-order valence-electron chi connectivity index (χ4n) is 2.55. The zero-order valence-corrected chi connectivity index (χ0v) is 16.1. The largest absolute Gasteiger partial charge is 0.466 e. The van der Waals surface area contributed by atoms with Gasteiger partial charge in [-0.15, -0.1) is 11.3 Å². The highest BCUT2D eigenvalue weighted by atomic mass is 32.1. The Bertz CT molecular complexity index is 1020. The maximum Gasteiger partial charge on any atom is 0.311 e. The molecule has 0 unspecified atom stereocenters. The summed E-state index contributed by atoms with van der Waals surface area (Å²) in [5, 5.41) is 15.6. The van der Waals surface area contributed by atoms with Gasteiger partial charge in [0, 0.05) is 10.9 Å². The Kier molecular flexibility index (Phi) is 6.50. The van der Waals surface area contributed by atoms with E-state index in [2.05, 4.69) is 21.6 Å². The predicted octanol–water partition coefficient (Wildman–Crippen LogP) is 4.23. The summed E-state index contributed by atoms with van der Waals surface area (Å²) in [4.78, 5) is 15.8. The lowest BCUT2D eigenvalue weighted by molar-refractivity contribution is -0.142. The van der Waals surface area contributed by atoms with Gasteiger partial charge in [0.05, 0.1) is 36.6 Å². The number of nitriles is 1. The molecule has 0 spiro atoms. The van der Waals surface area contributed by atoms with Gasteiger partial charge in [0.15, 0.2) is 0 Å². The highest BCUT2D eigenvalue weighted by molar-refractivity contribution is 7.13. The van der Waals surface area contributed by atoms with Crippen LogP contribution in [0.5, 0.6) is 0 Å². The van der Waals surface area contributed by atoms with E-state index in [4.69, 9.17) is 10.00 Å². The number of esters is 1. The number of carbonyl (C=O) groups is 1. The second-order valence-corrected chi connectivity index (χ2v) is 6.63. The maximum atomic E-state index is 11.5. The van der Waals surface area contributed by atoms with Crippen molar-refractivity contribution in [2.45, 2.75) is 13.3 Å². The summed E-state index contributed by atoms with van der Waals surface area (Å²) >= 11 is 1.38. The number of hydrazone groups is 1. The highest BCUT2D eigenvalue weighted by Gasteiger charge is 2.08. The molecule has 2 aromatic carbocycles. The summed E-state index contributed by atoms with van der Waals surface area (Å²) in [7, 11) is 0. The van der Waals surface area contributed by atoms with Gasteiger partial charge in [0.2, 0.25) is 5.13 Å². The summed E-state index contributed by atoms with van der Waals surface area (Å²) < 4.78 is 4.92. The molecule has 0 radical (unpaired) electrons. The van der Waals surface area contributed by atoms with E-state index in [1.807, 2.05) is 36.4 Å². The van der Waals surface area contributed by atoms with Gasteiger partial charge in [-0.1, -0.05) is 36.4 Å². The van der Waals surface area contributed by atoms with Crippen molar-refractivity contribution >= 4 is 28.7 Å². The fraction of sp³-hybridized carbons (Fsp3) is 0.143. The number of nitrogens with zero attached hydrogens (tertiary/aromatic N) is 3. The molecule has 0 atom stereocenters. The number of hydrogen-bond acceptors (Lipinski definition) is 7. The van der Waals surface area contributed by atoms with E-state index in [1.54, 1.807) is 30.7 Å². The molecule has 1 aromatic heterocycles. The second kappa shape index (κ2) is 9.44. The zero-order valence-electron chi connectivity index (χ0n) is 15.3. The van der Waals surface area contributed by atoms with Crippen molar-refractivity contribution in [1.29, 1.82) is 5.26 Å². The fourth-order valence-corrected chi connectivity index (χ4v) is 3.21. The molecule has 0 saturated carbocycles. The molecule has 3 aromatic rings. The summed E-state index contributed by atoms with van der Waals surface area (Å²) in [5.74, 6) is -0.292. The molecule has 1 heterocycles. The summed E-state index contributed by atoms with van der Waals surface area (Å²) in [6, 6.07) is 17.4. The number of aromatic nitrogens is 1. The average Bonchev–Trinajstić information content (AvgIpc) is 3.16. The number of anilines is 1. The van der Waals surface area contributed by atoms with Crippen molar-refractivity contribution in [2.75, 3.05) is 12.0 Å². The lowest BCUT2D eigenvalue weighted by atomic mass is 9.99. The first-order valence-corrected chi connectivity index (χ1v) is 9.56. The number of carbonyl (C=O) groups excluding carboxylic acids is 1. The highest BCUT2D eigenvalue weighted by Crippen LogP contribution is 2.23. The minimum absolute atomic E-state index is 0.150.